The maximum absolute atomic E-state index is 13.5. The van der Waals surface area contributed by atoms with Crippen molar-refractivity contribution in [3.63, 3.8) is 0 Å². The Morgan fingerprint density at radius 1 is 1.12 bits per heavy atom. The lowest BCUT2D eigenvalue weighted by Crippen LogP contribution is -2.17. The molecule has 0 unspecified atom stereocenters. The van der Waals surface area contributed by atoms with Gasteiger partial charge in [0.05, 0.1) is 36.8 Å². The Hall–Kier alpha value is -3.18. The van der Waals surface area contributed by atoms with Gasteiger partial charge in [0.2, 0.25) is 10.0 Å². The van der Waals surface area contributed by atoms with Crippen molar-refractivity contribution in [1.29, 1.82) is 0 Å². The number of thiophene rings is 1. The van der Waals surface area contributed by atoms with Crippen LogP contribution in [-0.4, -0.2) is 23.9 Å². The third kappa shape index (κ3) is 4.21. The molecule has 0 aliphatic carbocycles. The summed E-state index contributed by atoms with van der Waals surface area (Å²) < 4.78 is 26.2. The molecule has 0 aliphatic heterocycles. The second kappa shape index (κ2) is 8.88. The van der Waals surface area contributed by atoms with Crippen molar-refractivity contribution < 1.29 is 13.2 Å². The Balaban J connectivity index is 1.70. The van der Waals surface area contributed by atoms with Gasteiger partial charge in [0, 0.05) is 11.9 Å². The van der Waals surface area contributed by atoms with Gasteiger partial charge < -0.3 is 4.57 Å². The van der Waals surface area contributed by atoms with E-state index in [1.807, 2.05) is 53.3 Å². The van der Waals surface area contributed by atoms with Crippen molar-refractivity contribution in [1.82, 2.24) is 9.55 Å². The molecule has 0 spiro atoms. The number of para-hydroxylation sites is 1. The maximum atomic E-state index is 13.5. The van der Waals surface area contributed by atoms with Crippen LogP contribution in [0.1, 0.15) is 23.7 Å². The maximum Gasteiger partial charge on any atom is 0.280 e. The zero-order chi connectivity index (χ0) is 23.9. The van der Waals surface area contributed by atoms with Gasteiger partial charge >= 0.3 is 0 Å². The van der Waals surface area contributed by atoms with Crippen molar-refractivity contribution in [3.8, 4) is 10.6 Å². The van der Waals surface area contributed by atoms with E-state index in [4.69, 9.17) is 10.1 Å². The minimum atomic E-state index is -3.83. The highest BCUT2D eigenvalue weighted by Crippen LogP contribution is 2.28. The summed E-state index contributed by atoms with van der Waals surface area (Å²) in [6.07, 6.45) is 0.824. The number of carbonyl (C=O) groups excluding carboxylic acids is 1. The number of hydrogen-bond acceptors (Lipinski definition) is 6. The highest BCUT2D eigenvalue weighted by atomic mass is 32.2. The van der Waals surface area contributed by atoms with Gasteiger partial charge in [-0.3, -0.25) is 4.79 Å². The van der Waals surface area contributed by atoms with Crippen LogP contribution in [0.5, 0.6) is 0 Å². The van der Waals surface area contributed by atoms with E-state index >= 15 is 0 Å². The Labute approximate surface area is 203 Å². The van der Waals surface area contributed by atoms with E-state index in [1.54, 1.807) is 23.5 Å². The van der Waals surface area contributed by atoms with E-state index < -0.39 is 10.0 Å². The molecule has 7 nitrogen and oxygen atoms in total. The lowest BCUT2D eigenvalue weighted by Gasteiger charge is -2.07. The number of primary sulfonamides is 1. The number of nitrogens with zero attached hydrogens (tertiary/aromatic N) is 3. The number of hydrogen-bond donors (Lipinski definition) is 1. The fourth-order valence-corrected chi connectivity index (χ4v) is 6.20. The van der Waals surface area contributed by atoms with E-state index in [0.29, 0.717) is 21.6 Å². The molecule has 172 valence electrons. The Morgan fingerprint density at radius 3 is 2.68 bits per heavy atom. The van der Waals surface area contributed by atoms with E-state index in [9.17, 15) is 13.2 Å². The minimum absolute atomic E-state index is 0.0310. The van der Waals surface area contributed by atoms with Crippen molar-refractivity contribution in [3.05, 3.63) is 76.4 Å². The monoisotopic (exact) mass is 508 g/mol. The second-order valence-electron chi connectivity index (χ2n) is 7.68. The summed E-state index contributed by atoms with van der Waals surface area (Å²) in [4.78, 5) is 24.2. The van der Waals surface area contributed by atoms with Gasteiger partial charge in [-0.05, 0) is 48.2 Å². The molecule has 10 heteroatoms. The number of thiazole rings is 1. The van der Waals surface area contributed by atoms with Gasteiger partial charge in [-0.1, -0.05) is 42.5 Å². The molecular weight excluding hydrogens is 488 g/mol. The minimum Gasteiger partial charge on any atom is -0.316 e. The summed E-state index contributed by atoms with van der Waals surface area (Å²) in [5.41, 5.74) is 2.73. The summed E-state index contributed by atoms with van der Waals surface area (Å²) in [6, 6.07) is 17.9. The number of carbonyl (C=O) groups is 1. The lowest BCUT2D eigenvalue weighted by atomic mass is 10.1. The van der Waals surface area contributed by atoms with Crippen LogP contribution in [0.2, 0.25) is 0 Å². The lowest BCUT2D eigenvalue weighted by molar-refractivity contribution is 0.0999. The van der Waals surface area contributed by atoms with Crippen LogP contribution in [0.3, 0.4) is 0 Å². The van der Waals surface area contributed by atoms with Crippen LogP contribution in [0, 0.1) is 0 Å². The molecule has 0 saturated carbocycles. The summed E-state index contributed by atoms with van der Waals surface area (Å²) in [7, 11) is -3.83. The van der Waals surface area contributed by atoms with Gasteiger partial charge in [0.15, 0.2) is 4.80 Å². The van der Waals surface area contributed by atoms with Crippen LogP contribution in [0.4, 0.5) is 0 Å². The zero-order valence-electron chi connectivity index (χ0n) is 18.1. The number of sulfonamides is 1. The molecule has 3 aromatic heterocycles. The first-order valence-corrected chi connectivity index (χ1v) is 13.8. The highest BCUT2D eigenvalue weighted by Gasteiger charge is 2.16. The smallest absolute Gasteiger partial charge is 0.280 e. The number of amides is 1. The number of aryl methyl sites for hydroxylation is 1. The van der Waals surface area contributed by atoms with Crippen LogP contribution in [0.15, 0.2) is 75.9 Å². The molecule has 0 atom stereocenters. The Bertz CT molecular complexity index is 1720. The number of rotatable bonds is 5. The predicted octanol–water partition coefficient (Wildman–Crippen LogP) is 4.78. The molecule has 3 heterocycles. The first kappa shape index (κ1) is 22.6. The fourth-order valence-electron chi connectivity index (χ4n) is 3.81. The van der Waals surface area contributed by atoms with Gasteiger partial charge in [-0.15, -0.1) is 11.3 Å². The molecule has 0 aliphatic rings. The molecule has 1 amide bonds. The molecule has 34 heavy (non-hydrogen) atoms. The topological polar surface area (TPSA) is 107 Å². The normalized spacial score (nSPS) is 12.6. The van der Waals surface area contributed by atoms with Crippen molar-refractivity contribution in [2.24, 2.45) is 10.1 Å². The molecule has 5 aromatic rings. The summed E-state index contributed by atoms with van der Waals surface area (Å²) in [5, 5.41) is 8.01. The molecule has 0 fully saturated rings. The van der Waals surface area contributed by atoms with Crippen molar-refractivity contribution in [2.75, 3.05) is 0 Å². The quantitative estimate of drug-likeness (QED) is 0.369. The summed E-state index contributed by atoms with van der Waals surface area (Å²) in [5.74, 6) is -0.375. The number of nitrogens with two attached hydrogens (primary N) is 1. The number of pyridine rings is 1. The molecular formula is C24H20N4O3S3. The van der Waals surface area contributed by atoms with Gasteiger partial charge in [0.25, 0.3) is 5.91 Å². The van der Waals surface area contributed by atoms with E-state index in [2.05, 4.69) is 4.99 Å². The number of fused-ring (bicyclic) bond motifs is 2. The van der Waals surface area contributed by atoms with Crippen molar-refractivity contribution >= 4 is 59.7 Å². The largest absolute Gasteiger partial charge is 0.316 e. The van der Waals surface area contributed by atoms with Gasteiger partial charge in [-0.2, -0.15) is 4.99 Å². The molecule has 5 rings (SSSR count). The standard InChI is InChI=1S/C24H20N4O3S3/c1-2-11-28-20-10-9-15(34(25,30)31)13-22(20)33-24(28)27-23(29)17-14-19(21-8-5-12-32-21)26-18-7-4-3-6-16(17)18/h3-10,12-14H,2,11H2,1H3,(H2,25,30,31). The van der Waals surface area contributed by atoms with E-state index in [1.165, 1.54) is 23.5 Å². The SMILES string of the molecule is CCCn1c(=NC(=O)c2cc(-c3cccs3)nc3ccccc23)sc2cc(S(N)(=O)=O)ccc21. The average Bonchev–Trinajstić information content (AvgIpc) is 3.46. The number of aromatic nitrogens is 2. The van der Waals surface area contributed by atoms with E-state index in [-0.39, 0.29) is 10.8 Å². The van der Waals surface area contributed by atoms with Crippen LogP contribution >= 0.6 is 22.7 Å². The molecule has 2 aromatic carbocycles. The third-order valence-electron chi connectivity index (χ3n) is 5.35. The average molecular weight is 509 g/mol. The Kier molecular flexibility index (Phi) is 5.90. The first-order valence-electron chi connectivity index (χ1n) is 10.5. The molecule has 0 radical (unpaired) electrons. The van der Waals surface area contributed by atoms with Gasteiger partial charge in [0.1, 0.15) is 0 Å². The highest BCUT2D eigenvalue weighted by molar-refractivity contribution is 7.89. The van der Waals surface area contributed by atoms with Gasteiger partial charge in [-0.25, -0.2) is 18.5 Å². The van der Waals surface area contributed by atoms with Crippen LogP contribution in [0.25, 0.3) is 31.7 Å². The first-order chi connectivity index (χ1) is 16.3. The molecule has 0 bridgehead atoms. The third-order valence-corrected chi connectivity index (χ3v) is 8.19. The number of benzene rings is 2. The zero-order valence-corrected chi connectivity index (χ0v) is 20.6. The second-order valence-corrected chi connectivity index (χ2v) is 11.2. The van der Waals surface area contributed by atoms with Crippen LogP contribution < -0.4 is 9.94 Å². The van der Waals surface area contributed by atoms with Crippen molar-refractivity contribution in [2.45, 2.75) is 24.8 Å². The predicted molar refractivity (Wildman–Crippen MR) is 136 cm³/mol. The molecule has 0 saturated heterocycles. The van der Waals surface area contributed by atoms with Crippen LogP contribution in [-0.2, 0) is 16.6 Å². The molecule has 2 N–H and O–H groups in total. The Morgan fingerprint density at radius 2 is 1.94 bits per heavy atom. The fraction of sp³-hybridized carbons (Fsp3) is 0.125. The summed E-state index contributed by atoms with van der Waals surface area (Å²) in [6.45, 7) is 2.67. The van der Waals surface area contributed by atoms with E-state index in [0.717, 1.165) is 33.4 Å². The summed E-state index contributed by atoms with van der Waals surface area (Å²) >= 11 is 2.82.